The molecule has 0 bridgehead atoms. The van der Waals surface area contributed by atoms with E-state index in [2.05, 4.69) is 212 Å². The molecule has 16 aromatic rings. The van der Waals surface area contributed by atoms with Crippen molar-refractivity contribution in [3.8, 4) is 0 Å². The number of hydrogen-bond donors (Lipinski definition) is 4. The van der Waals surface area contributed by atoms with Gasteiger partial charge in [-0.1, -0.05) is 121 Å². The van der Waals surface area contributed by atoms with Crippen LogP contribution >= 0.6 is 0 Å². The van der Waals surface area contributed by atoms with Gasteiger partial charge in [0, 0.05) is 160 Å². The Morgan fingerprint density at radius 3 is 0.932 bits per heavy atom. The molecular weight excluding hydrogens is 1650 g/mol. The highest BCUT2D eigenvalue weighted by Gasteiger charge is 2.29. The van der Waals surface area contributed by atoms with Gasteiger partial charge < -0.3 is 60.3 Å². The first-order valence-corrected chi connectivity index (χ1v) is 48.2. The van der Waals surface area contributed by atoms with Crippen molar-refractivity contribution in [1.29, 1.82) is 0 Å². The second kappa shape index (κ2) is 38.8. The summed E-state index contributed by atoms with van der Waals surface area (Å²) < 4.78 is 14.2. The maximum Gasteiger partial charge on any atom is 0.228 e. The molecule has 4 saturated carbocycles. The van der Waals surface area contributed by atoms with Gasteiger partial charge in [-0.2, -0.15) is 20.4 Å². The van der Waals surface area contributed by atoms with Crippen LogP contribution in [0, 0.1) is 13.8 Å². The van der Waals surface area contributed by atoms with Gasteiger partial charge in [-0.25, -0.2) is 59.8 Å². The number of benzene rings is 4. The van der Waals surface area contributed by atoms with E-state index in [4.69, 9.17) is 55.0 Å². The molecule has 32 heteroatoms. The molecule has 4 aliphatic carbocycles. The first-order valence-electron chi connectivity index (χ1n) is 48.2. The minimum absolute atomic E-state index is 0.462. The number of aromatic nitrogens is 20. The van der Waals surface area contributed by atoms with E-state index < -0.39 is 0 Å². The van der Waals surface area contributed by atoms with Gasteiger partial charge in [-0.05, 0) is 133 Å². The smallest absolute Gasteiger partial charge is 0.228 e. The molecule has 8 aliphatic rings. The van der Waals surface area contributed by atoms with Crippen molar-refractivity contribution in [3.63, 3.8) is 0 Å². The predicted molar refractivity (Wildman–Crippen MR) is 527 cm³/mol. The summed E-state index contributed by atoms with van der Waals surface area (Å²) in [6, 6.07) is 33.1. The summed E-state index contributed by atoms with van der Waals surface area (Å²) >= 11 is 0. The molecule has 0 spiro atoms. The second-order valence-electron chi connectivity index (χ2n) is 36.5. The quantitative estimate of drug-likeness (QED) is 0.0584. The number of hydrogen-bond acceptors (Lipinski definition) is 28. The van der Waals surface area contributed by atoms with Crippen molar-refractivity contribution in [2.24, 2.45) is 0 Å². The summed E-state index contributed by atoms with van der Waals surface area (Å²) in [5, 5.41) is 40.8. The van der Waals surface area contributed by atoms with E-state index in [-0.39, 0.29) is 0 Å². The van der Waals surface area contributed by atoms with Gasteiger partial charge in [0.2, 0.25) is 23.8 Å². The molecule has 16 heterocycles. The summed E-state index contributed by atoms with van der Waals surface area (Å²) in [6.07, 6.45) is 40.9. The molecule has 24 rings (SSSR count). The molecule has 0 radical (unpaired) electrons. The fraction of sp³-hybridized carbons (Fsp3) is 0.440. The monoisotopic (exact) mass is 1770 g/mol. The van der Waals surface area contributed by atoms with Gasteiger partial charge in [-0.3, -0.25) is 18.7 Å². The fourth-order valence-electron chi connectivity index (χ4n) is 20.9. The number of aryl methyl sites for hydroxylation is 2. The Balaban J connectivity index is 0.000000106. The van der Waals surface area contributed by atoms with Crippen LogP contribution < -0.4 is 40.9 Å². The van der Waals surface area contributed by atoms with Crippen LogP contribution in [0.4, 0.5) is 69.8 Å². The maximum absolute atomic E-state index is 5.43. The zero-order valence-electron chi connectivity index (χ0n) is 76.6. The highest BCUT2D eigenvalue weighted by Crippen LogP contribution is 2.41. The largest absolute Gasteiger partial charge is 0.378 e. The van der Waals surface area contributed by atoms with Gasteiger partial charge in [0.15, 0.2) is 0 Å². The van der Waals surface area contributed by atoms with E-state index in [1.165, 1.54) is 120 Å². The number of likely N-dealkylation sites (N-methyl/N-ethyl adjacent to an activating group) is 3. The van der Waals surface area contributed by atoms with Gasteiger partial charge in [-0.15, -0.1) is 0 Å². The minimum atomic E-state index is 0.462. The molecule has 0 amide bonds. The van der Waals surface area contributed by atoms with Crippen LogP contribution in [-0.4, -0.2) is 238 Å². The topological polar surface area (TPSA) is 306 Å². The van der Waals surface area contributed by atoms with E-state index >= 15 is 0 Å². The van der Waals surface area contributed by atoms with Crippen LogP contribution in [-0.2, 0) is 4.74 Å². The van der Waals surface area contributed by atoms with Crippen molar-refractivity contribution in [3.05, 3.63) is 170 Å². The van der Waals surface area contributed by atoms with Crippen molar-refractivity contribution in [1.82, 2.24) is 114 Å². The van der Waals surface area contributed by atoms with E-state index in [9.17, 15) is 0 Å². The molecular formula is C100H119N31O. The number of anilines is 12. The molecule has 680 valence electrons. The zero-order chi connectivity index (χ0) is 89.0. The van der Waals surface area contributed by atoms with E-state index in [1.54, 1.807) is 0 Å². The maximum atomic E-state index is 5.43. The van der Waals surface area contributed by atoms with E-state index in [1.807, 2.05) is 86.4 Å². The van der Waals surface area contributed by atoms with Crippen LogP contribution in [0.2, 0.25) is 0 Å². The van der Waals surface area contributed by atoms with E-state index in [0.717, 1.165) is 252 Å². The normalized spacial score (nSPS) is 17.8. The third-order valence-corrected chi connectivity index (χ3v) is 28.4. The first kappa shape index (κ1) is 85.7. The average molecular weight is 1770 g/mol. The number of rotatable bonds is 19. The Bertz CT molecular complexity index is 6490. The molecule has 132 heavy (non-hydrogen) atoms. The molecule has 4 aliphatic heterocycles. The lowest BCUT2D eigenvalue weighted by Gasteiger charge is -2.36. The Labute approximate surface area is 768 Å². The number of ether oxygens (including phenoxy) is 1. The van der Waals surface area contributed by atoms with Crippen molar-refractivity contribution in [2.45, 2.75) is 162 Å². The molecule has 4 N–H and O–H groups in total. The molecule has 32 nitrogen and oxygen atoms in total. The van der Waals surface area contributed by atoms with Crippen molar-refractivity contribution < 1.29 is 4.74 Å². The molecule has 4 saturated heterocycles. The summed E-state index contributed by atoms with van der Waals surface area (Å²) in [5.41, 5.74) is 15.1. The number of fused-ring (bicyclic) bond motifs is 12. The number of pyridine rings is 4. The van der Waals surface area contributed by atoms with Gasteiger partial charge in [0.25, 0.3) is 0 Å². The van der Waals surface area contributed by atoms with Crippen LogP contribution in [0.5, 0.6) is 0 Å². The number of piperazine rings is 3. The first-order chi connectivity index (χ1) is 65.0. The summed E-state index contributed by atoms with van der Waals surface area (Å²) in [4.78, 5) is 73.6. The van der Waals surface area contributed by atoms with Crippen molar-refractivity contribution >= 4 is 157 Å². The molecule has 8 fully saturated rings. The minimum Gasteiger partial charge on any atom is -0.378 e. The lowest BCUT2D eigenvalue weighted by Crippen LogP contribution is -2.46. The van der Waals surface area contributed by atoms with Crippen LogP contribution in [0.1, 0.15) is 159 Å². The number of nitrogens with one attached hydrogen (secondary N) is 4. The molecule has 4 aromatic carbocycles. The molecule has 12 aromatic heterocycles. The van der Waals surface area contributed by atoms with Crippen LogP contribution in [0.25, 0.3) is 87.2 Å². The highest BCUT2D eigenvalue weighted by atomic mass is 16.5. The highest BCUT2D eigenvalue weighted by molar-refractivity contribution is 6.06. The predicted octanol–water partition coefficient (Wildman–Crippen LogP) is 17.8. The molecule has 0 unspecified atom stereocenters. The van der Waals surface area contributed by atoms with Crippen molar-refractivity contribution in [2.75, 3.05) is 165 Å². The Morgan fingerprint density at radius 2 is 0.598 bits per heavy atom. The van der Waals surface area contributed by atoms with Crippen LogP contribution in [0.15, 0.2) is 159 Å². The third kappa shape index (κ3) is 18.3. The summed E-state index contributed by atoms with van der Waals surface area (Å²) in [7, 11) is 0. The standard InChI is InChI=1S/2C26H32N8.C25H30N8.C23H25N7O/c1-3-32-10-12-33(13-11-32)22-17-27-23(14-18(22)2)30-26-28-15-19-8-9-20-16-29-34(21-6-4-5-7-21)25(20)24(19)31-26;1-3-32-12-14-33(15-13-32)22-10-11-23(29-18(22)2)30-26-27-16-19-8-9-20-17-28-34(21-6-4-5-7-21)25(20)24(19)31-26;1-2-31-11-13-32(14-12-31)21-9-10-22(26-17-21)29-25-27-15-18-7-8-19-16-28-33(20-5-3-4-6-20)24(19)23(18)30-25;1-2-4-18(3-1)30-22-17(14-26-30)6-5-16-13-25-23(28-21(16)22)27-20-8-7-19(15-24-20)29-9-11-31-12-10-29/h8-9,14-17,21H,3-7,10-13H2,1-2H3,(H,27,28,30,31);8-11,16-17,21H,3-7,12-15H2,1-2H3,(H,27,29,30,31);7-10,15-17,20H,2-6,11-14H2,1H3,(H,26,27,29,30);5-8,13-15,18H,1-4,9-12H2,(H,24,25,27,28). The lowest BCUT2D eigenvalue weighted by molar-refractivity contribution is 0.122. The Kier molecular flexibility index (Phi) is 25.2. The lowest BCUT2D eigenvalue weighted by atomic mass is 10.1. The SMILES string of the molecule is CCN1CCN(c2ccc(Nc3ncc4ccc5cnn(C6CCCC6)c5c4n3)nc2)CC1.CCN1CCN(c2ccc(Nc3ncc4ccc5cnn(C6CCCC6)c5c4n3)nc2C)CC1.CCN1CCN(c2cnc(Nc3ncc4ccc5cnn(C6CCCC6)c5c4n3)cc2C)CC1.c1cc(Nc2ncc3ccc4cnn(C5CCCC5)c4c3n2)ncc1N1CCOCC1. The van der Waals surface area contributed by atoms with Gasteiger partial charge >= 0.3 is 0 Å². The molecule has 0 atom stereocenters. The number of nitrogens with zero attached hydrogens (tertiary/aromatic N) is 27. The van der Waals surface area contributed by atoms with Crippen LogP contribution in [0.3, 0.4) is 0 Å². The Hall–Kier alpha value is -13.0. The van der Waals surface area contributed by atoms with Gasteiger partial charge in [0.1, 0.15) is 45.3 Å². The second-order valence-corrected chi connectivity index (χ2v) is 36.5. The third-order valence-electron chi connectivity index (χ3n) is 28.4. The zero-order valence-corrected chi connectivity index (χ0v) is 76.6. The number of morpholine rings is 1. The Morgan fingerprint density at radius 1 is 0.288 bits per heavy atom. The summed E-state index contributed by atoms with van der Waals surface area (Å²) in [6.45, 7) is 30.5. The fourth-order valence-corrected chi connectivity index (χ4v) is 20.9. The summed E-state index contributed by atoms with van der Waals surface area (Å²) in [5.74, 6) is 5.26. The average Bonchev–Trinajstić information content (AvgIpc) is 1.60. The van der Waals surface area contributed by atoms with E-state index in [0.29, 0.717) is 48.0 Å². The van der Waals surface area contributed by atoms with Gasteiger partial charge in [0.05, 0.1) is 131 Å².